The minimum absolute atomic E-state index is 0.413. The summed E-state index contributed by atoms with van der Waals surface area (Å²) in [5.74, 6) is 1.50. The molecule has 2 rings (SSSR count). The fourth-order valence-corrected chi connectivity index (χ4v) is 2.44. The topological polar surface area (TPSA) is 20.5 Å². The number of hydrogen-bond donors (Lipinski definition) is 0. The molecular weight excluding hydrogens is 266 g/mol. The lowest BCUT2D eigenvalue weighted by molar-refractivity contribution is 0.769. The molecule has 0 aliphatic rings. The van der Waals surface area contributed by atoms with Gasteiger partial charge < -0.3 is 9.30 Å². The van der Waals surface area contributed by atoms with Crippen LogP contribution < -0.4 is 4.90 Å². The van der Waals surface area contributed by atoms with E-state index in [4.69, 9.17) is 0 Å². The number of aromatic nitrogens is 2. The number of fused-ring (bicyclic) bond motifs is 1. The Morgan fingerprint density at radius 1 is 1.38 bits per heavy atom. The molecule has 0 unspecified atom stereocenters. The van der Waals surface area contributed by atoms with Crippen molar-refractivity contribution in [3.63, 3.8) is 0 Å². The van der Waals surface area contributed by atoms with Gasteiger partial charge in [-0.15, -0.1) is 0 Å². The number of imidazole rings is 1. The number of pyridine rings is 1. The molecule has 0 bridgehead atoms. The van der Waals surface area contributed by atoms with Crippen LogP contribution in [0.5, 0.6) is 0 Å². The third-order valence-electron chi connectivity index (χ3n) is 2.63. The maximum absolute atomic E-state index is 4.59. The first-order valence-electron chi connectivity index (χ1n) is 5.36. The zero-order valence-electron chi connectivity index (χ0n) is 10.0. The van der Waals surface area contributed by atoms with Crippen molar-refractivity contribution in [3.05, 3.63) is 28.8 Å². The molecule has 16 heavy (non-hydrogen) atoms. The van der Waals surface area contributed by atoms with Crippen molar-refractivity contribution in [3.8, 4) is 0 Å². The second-order valence-corrected chi connectivity index (χ2v) is 5.17. The summed E-state index contributed by atoms with van der Waals surface area (Å²) in [5.41, 5.74) is 2.31. The van der Waals surface area contributed by atoms with E-state index in [2.05, 4.69) is 62.4 Å². The monoisotopic (exact) mass is 281 g/mol. The predicted octanol–water partition coefficient (Wildman–Crippen LogP) is 3.29. The maximum atomic E-state index is 4.59. The van der Waals surface area contributed by atoms with Gasteiger partial charge >= 0.3 is 0 Å². The van der Waals surface area contributed by atoms with Crippen LogP contribution >= 0.6 is 15.9 Å². The van der Waals surface area contributed by atoms with Crippen molar-refractivity contribution < 1.29 is 0 Å². The lowest BCUT2D eigenvalue weighted by Gasteiger charge is -2.14. The first-order valence-corrected chi connectivity index (χ1v) is 6.15. The van der Waals surface area contributed by atoms with Gasteiger partial charge in [-0.25, -0.2) is 4.98 Å². The highest BCUT2D eigenvalue weighted by Gasteiger charge is 2.15. The highest BCUT2D eigenvalue weighted by atomic mass is 79.9. The molecule has 2 heterocycles. The van der Waals surface area contributed by atoms with Gasteiger partial charge in [-0.3, -0.25) is 0 Å². The summed E-state index contributed by atoms with van der Waals surface area (Å²) in [6.45, 7) is 4.31. The standard InChI is InChI=1S/C12H16BrN3/c1-8(2)12-14-11(13)10-9(15(3)4)6-5-7-16(10)12/h5-8H,1-4H3. The van der Waals surface area contributed by atoms with Crippen molar-refractivity contribution in [2.75, 3.05) is 19.0 Å². The predicted molar refractivity (Wildman–Crippen MR) is 71.3 cm³/mol. The van der Waals surface area contributed by atoms with Crippen LogP contribution in [0, 0.1) is 0 Å². The molecule has 0 aliphatic heterocycles. The number of nitrogens with zero attached hydrogens (tertiary/aromatic N) is 3. The fourth-order valence-electron chi connectivity index (χ4n) is 1.87. The molecule has 0 N–H and O–H groups in total. The van der Waals surface area contributed by atoms with Crippen LogP contribution in [0.4, 0.5) is 5.69 Å². The van der Waals surface area contributed by atoms with Crippen LogP contribution in [0.25, 0.3) is 5.52 Å². The molecule has 0 aliphatic carbocycles. The summed E-state index contributed by atoms with van der Waals surface area (Å²) in [5, 5.41) is 0. The van der Waals surface area contributed by atoms with Crippen LogP contribution in [-0.4, -0.2) is 23.5 Å². The zero-order valence-corrected chi connectivity index (χ0v) is 11.6. The summed E-state index contributed by atoms with van der Waals surface area (Å²) in [6.07, 6.45) is 2.06. The Morgan fingerprint density at radius 3 is 2.62 bits per heavy atom. The Bertz CT molecular complexity index is 514. The van der Waals surface area contributed by atoms with E-state index in [1.54, 1.807) is 0 Å². The minimum Gasteiger partial charge on any atom is -0.376 e. The number of hydrogen-bond acceptors (Lipinski definition) is 2. The van der Waals surface area contributed by atoms with Crippen LogP contribution in [-0.2, 0) is 0 Å². The van der Waals surface area contributed by atoms with Gasteiger partial charge in [0, 0.05) is 26.2 Å². The van der Waals surface area contributed by atoms with Crippen LogP contribution in [0.3, 0.4) is 0 Å². The van der Waals surface area contributed by atoms with Crippen molar-refractivity contribution >= 4 is 27.1 Å². The Balaban J connectivity index is 2.79. The van der Waals surface area contributed by atoms with Crippen molar-refractivity contribution in [1.29, 1.82) is 0 Å². The van der Waals surface area contributed by atoms with Gasteiger partial charge in [0.1, 0.15) is 15.9 Å². The van der Waals surface area contributed by atoms with Crippen LogP contribution in [0.2, 0.25) is 0 Å². The molecule has 0 amide bonds. The molecule has 0 fully saturated rings. The molecule has 3 nitrogen and oxygen atoms in total. The second-order valence-electron chi connectivity index (χ2n) is 4.42. The van der Waals surface area contributed by atoms with Crippen molar-refractivity contribution in [1.82, 2.24) is 9.38 Å². The quantitative estimate of drug-likeness (QED) is 0.842. The molecule has 2 aromatic rings. The third-order valence-corrected chi connectivity index (χ3v) is 3.18. The van der Waals surface area contributed by atoms with Gasteiger partial charge in [0.25, 0.3) is 0 Å². The van der Waals surface area contributed by atoms with E-state index in [1.165, 1.54) is 5.69 Å². The molecule has 4 heteroatoms. The highest BCUT2D eigenvalue weighted by molar-refractivity contribution is 9.10. The molecule has 0 atom stereocenters. The van der Waals surface area contributed by atoms with Gasteiger partial charge in [-0.1, -0.05) is 13.8 Å². The van der Waals surface area contributed by atoms with Gasteiger partial charge in [-0.2, -0.15) is 0 Å². The van der Waals surface area contributed by atoms with Crippen molar-refractivity contribution in [2.45, 2.75) is 19.8 Å². The first kappa shape index (κ1) is 11.5. The van der Waals surface area contributed by atoms with E-state index in [9.17, 15) is 0 Å². The molecular formula is C12H16BrN3. The molecule has 0 spiro atoms. The van der Waals surface area contributed by atoms with Gasteiger partial charge in [0.15, 0.2) is 0 Å². The maximum Gasteiger partial charge on any atom is 0.134 e. The van der Waals surface area contributed by atoms with Gasteiger partial charge in [0.2, 0.25) is 0 Å². The molecule has 86 valence electrons. The van der Waals surface area contributed by atoms with E-state index in [0.717, 1.165) is 15.9 Å². The summed E-state index contributed by atoms with van der Waals surface area (Å²) < 4.78 is 3.07. The largest absolute Gasteiger partial charge is 0.376 e. The summed E-state index contributed by atoms with van der Waals surface area (Å²) in [7, 11) is 4.09. The Kier molecular flexibility index (Phi) is 2.93. The van der Waals surface area contributed by atoms with Crippen LogP contribution in [0.15, 0.2) is 22.9 Å². The number of rotatable bonds is 2. The summed E-state index contributed by atoms with van der Waals surface area (Å²) in [4.78, 5) is 6.69. The first-order chi connectivity index (χ1) is 7.52. The minimum atomic E-state index is 0.413. The Morgan fingerprint density at radius 2 is 2.06 bits per heavy atom. The average Bonchev–Trinajstić information content (AvgIpc) is 2.56. The Labute approximate surface area is 104 Å². The molecule has 0 aromatic carbocycles. The SMILES string of the molecule is CC(C)c1nc(Br)c2c(N(C)C)cccn12. The van der Waals surface area contributed by atoms with E-state index < -0.39 is 0 Å². The lowest BCUT2D eigenvalue weighted by Crippen LogP contribution is -2.10. The van der Waals surface area contributed by atoms with E-state index >= 15 is 0 Å². The number of anilines is 1. The number of halogens is 1. The summed E-state index contributed by atoms with van der Waals surface area (Å²) in [6, 6.07) is 4.16. The van der Waals surface area contributed by atoms with E-state index in [1.807, 2.05) is 14.1 Å². The lowest BCUT2D eigenvalue weighted by atomic mass is 10.2. The molecule has 0 saturated carbocycles. The van der Waals surface area contributed by atoms with E-state index in [-0.39, 0.29) is 0 Å². The fraction of sp³-hybridized carbons (Fsp3) is 0.417. The van der Waals surface area contributed by atoms with E-state index in [0.29, 0.717) is 5.92 Å². The third kappa shape index (κ3) is 1.71. The molecule has 2 aromatic heterocycles. The smallest absolute Gasteiger partial charge is 0.134 e. The zero-order chi connectivity index (χ0) is 11.9. The molecule has 0 saturated heterocycles. The molecule has 0 radical (unpaired) electrons. The normalized spacial score (nSPS) is 11.4. The highest BCUT2D eigenvalue weighted by Crippen LogP contribution is 2.30. The second kappa shape index (κ2) is 4.09. The van der Waals surface area contributed by atoms with Gasteiger partial charge in [-0.05, 0) is 28.1 Å². The average molecular weight is 282 g/mol. The Hall–Kier alpha value is -1.03. The van der Waals surface area contributed by atoms with Crippen molar-refractivity contribution in [2.24, 2.45) is 0 Å². The summed E-state index contributed by atoms with van der Waals surface area (Å²) >= 11 is 3.55. The van der Waals surface area contributed by atoms with Crippen LogP contribution in [0.1, 0.15) is 25.6 Å². The van der Waals surface area contributed by atoms with Gasteiger partial charge in [0.05, 0.1) is 5.69 Å².